The Balaban J connectivity index is 1.15. The van der Waals surface area contributed by atoms with Gasteiger partial charge in [-0.2, -0.15) is 0 Å². The van der Waals surface area contributed by atoms with E-state index in [1.165, 1.54) is 23.5 Å². The number of carbonyl (C=O) groups is 2. The number of nitrogens with zero attached hydrogens (tertiary/aromatic N) is 2. The van der Waals surface area contributed by atoms with Gasteiger partial charge < -0.3 is 15.4 Å². The van der Waals surface area contributed by atoms with Crippen molar-refractivity contribution in [2.24, 2.45) is 0 Å². The fraction of sp³-hybridized carbons (Fsp3) is 0.194. The Morgan fingerprint density at radius 3 is 2.28 bits per heavy atom. The van der Waals surface area contributed by atoms with Gasteiger partial charge in [-0.15, -0.1) is 0 Å². The number of benzene rings is 3. The molecule has 198 valence electrons. The van der Waals surface area contributed by atoms with Crippen molar-refractivity contribution in [2.75, 3.05) is 18.0 Å². The summed E-state index contributed by atoms with van der Waals surface area (Å²) in [7, 11) is 0. The van der Waals surface area contributed by atoms with E-state index in [0.717, 1.165) is 28.9 Å². The molecule has 1 aliphatic rings. The van der Waals surface area contributed by atoms with Gasteiger partial charge in [0.15, 0.2) is 0 Å². The zero-order valence-electron chi connectivity index (χ0n) is 21.6. The molecule has 0 saturated carbocycles. The molecule has 1 aromatic heterocycles. The molecule has 7 nitrogen and oxygen atoms in total. The minimum Gasteiger partial charge on any atom is -0.442 e. The number of halogens is 1. The van der Waals surface area contributed by atoms with Gasteiger partial charge >= 0.3 is 6.09 Å². The number of amides is 2. The van der Waals surface area contributed by atoms with E-state index in [2.05, 4.69) is 39.9 Å². The average Bonchev–Trinajstić information content (AvgIpc) is 3.33. The zero-order chi connectivity index (χ0) is 27.2. The van der Waals surface area contributed by atoms with E-state index in [-0.39, 0.29) is 19.0 Å². The number of cyclic esters (lactones) is 1. The summed E-state index contributed by atoms with van der Waals surface area (Å²) >= 11 is 0. The highest BCUT2D eigenvalue weighted by Gasteiger charge is 2.32. The van der Waals surface area contributed by atoms with Crippen LogP contribution in [0.1, 0.15) is 18.1 Å². The van der Waals surface area contributed by atoms with Crippen molar-refractivity contribution in [3.63, 3.8) is 0 Å². The van der Waals surface area contributed by atoms with Crippen molar-refractivity contribution in [2.45, 2.75) is 26.1 Å². The number of carbonyl (C=O) groups excluding carboxylic acids is 2. The molecule has 1 fully saturated rings. The van der Waals surface area contributed by atoms with Crippen LogP contribution in [-0.2, 0) is 22.6 Å². The second kappa shape index (κ2) is 11.9. The highest BCUT2D eigenvalue weighted by molar-refractivity contribution is 5.90. The van der Waals surface area contributed by atoms with Gasteiger partial charge in [-0.3, -0.25) is 14.7 Å². The number of hydrogen-bond donors (Lipinski definition) is 2. The van der Waals surface area contributed by atoms with Crippen LogP contribution in [0.15, 0.2) is 91.1 Å². The molecular weight excluding hydrogens is 495 g/mol. The fourth-order valence-corrected chi connectivity index (χ4v) is 4.48. The lowest BCUT2D eigenvalue weighted by Crippen LogP contribution is -2.33. The summed E-state index contributed by atoms with van der Waals surface area (Å²) in [6.07, 6.45) is 0.758. The standard InChI is InChI=1S/C31H29FN4O3/c1-21(37)35-19-27-20-36(31(38)39-27)26-13-14-28(29(32)16-26)24-9-5-22(6-10-24)17-33-18-23-7-11-25(12-8-23)30-4-2-3-15-34-30/h2-16,27,33H,17-20H2,1H3,(H,35,37)/t27-/m0/s1. The minimum atomic E-state index is -0.557. The van der Waals surface area contributed by atoms with Crippen molar-refractivity contribution < 1.29 is 18.7 Å². The van der Waals surface area contributed by atoms with Crippen LogP contribution >= 0.6 is 0 Å². The van der Waals surface area contributed by atoms with Crippen molar-refractivity contribution in [3.05, 3.63) is 108 Å². The second-order valence-corrected chi connectivity index (χ2v) is 9.43. The molecule has 2 amide bonds. The summed E-state index contributed by atoms with van der Waals surface area (Å²) in [5.41, 5.74) is 5.92. The van der Waals surface area contributed by atoms with Gasteiger partial charge in [0, 0.05) is 37.3 Å². The number of aromatic nitrogens is 1. The summed E-state index contributed by atoms with van der Waals surface area (Å²) in [4.78, 5) is 29.1. The monoisotopic (exact) mass is 524 g/mol. The summed E-state index contributed by atoms with van der Waals surface area (Å²) < 4.78 is 20.3. The molecule has 0 radical (unpaired) electrons. The largest absolute Gasteiger partial charge is 0.442 e. The van der Waals surface area contributed by atoms with E-state index in [1.54, 1.807) is 18.3 Å². The Bertz CT molecular complexity index is 1440. The molecule has 1 aliphatic heterocycles. The van der Waals surface area contributed by atoms with Crippen LogP contribution in [0, 0.1) is 5.82 Å². The predicted octanol–water partition coefficient (Wildman–Crippen LogP) is 5.31. The first-order valence-corrected chi connectivity index (χ1v) is 12.8. The van der Waals surface area contributed by atoms with Crippen molar-refractivity contribution in [1.29, 1.82) is 0 Å². The third kappa shape index (κ3) is 6.48. The maximum absolute atomic E-state index is 15.0. The lowest BCUT2D eigenvalue weighted by atomic mass is 10.0. The molecule has 1 atom stereocenters. The second-order valence-electron chi connectivity index (χ2n) is 9.43. The smallest absolute Gasteiger partial charge is 0.414 e. The quantitative estimate of drug-likeness (QED) is 0.310. The molecule has 1 saturated heterocycles. The SMILES string of the molecule is CC(=O)NC[C@H]1CN(c2ccc(-c3ccc(CNCc4ccc(-c5ccccn5)cc4)cc3)c(F)c2)C(=O)O1. The predicted molar refractivity (Wildman–Crippen MR) is 148 cm³/mol. The van der Waals surface area contributed by atoms with Gasteiger partial charge in [-0.05, 0) is 47.0 Å². The van der Waals surface area contributed by atoms with Gasteiger partial charge in [0.25, 0.3) is 0 Å². The minimum absolute atomic E-state index is 0.200. The summed E-state index contributed by atoms with van der Waals surface area (Å²) in [6, 6.07) is 26.7. The first-order valence-electron chi connectivity index (χ1n) is 12.8. The summed E-state index contributed by atoms with van der Waals surface area (Å²) in [6.45, 7) is 3.27. The first-order chi connectivity index (χ1) is 19.0. The van der Waals surface area contributed by atoms with Crippen molar-refractivity contribution in [3.8, 4) is 22.4 Å². The van der Waals surface area contributed by atoms with E-state index >= 15 is 4.39 Å². The Hall–Kier alpha value is -4.56. The molecule has 0 unspecified atom stereocenters. The van der Waals surface area contributed by atoms with E-state index in [4.69, 9.17) is 4.74 Å². The molecule has 5 rings (SSSR count). The molecule has 0 bridgehead atoms. The van der Waals surface area contributed by atoms with Gasteiger partial charge in [-0.25, -0.2) is 9.18 Å². The average molecular weight is 525 g/mol. The maximum Gasteiger partial charge on any atom is 0.414 e. The van der Waals surface area contributed by atoms with Gasteiger partial charge in [0.2, 0.25) is 5.91 Å². The van der Waals surface area contributed by atoms with Crippen LogP contribution in [0.5, 0.6) is 0 Å². The molecule has 3 aromatic carbocycles. The molecule has 0 aliphatic carbocycles. The molecule has 0 spiro atoms. The Morgan fingerprint density at radius 2 is 1.67 bits per heavy atom. The zero-order valence-corrected chi connectivity index (χ0v) is 21.6. The van der Waals surface area contributed by atoms with E-state index in [0.29, 0.717) is 17.8 Å². The van der Waals surface area contributed by atoms with Gasteiger partial charge in [0.1, 0.15) is 11.9 Å². The van der Waals surface area contributed by atoms with E-state index < -0.39 is 18.0 Å². The number of ether oxygens (including phenoxy) is 1. The molecule has 4 aromatic rings. The first kappa shape index (κ1) is 26.1. The molecule has 8 heteroatoms. The number of hydrogen-bond acceptors (Lipinski definition) is 5. The maximum atomic E-state index is 15.0. The summed E-state index contributed by atoms with van der Waals surface area (Å²) in [5.74, 6) is -0.626. The summed E-state index contributed by atoms with van der Waals surface area (Å²) in [5, 5.41) is 6.08. The third-order valence-corrected chi connectivity index (χ3v) is 6.55. The number of rotatable bonds is 9. The van der Waals surface area contributed by atoms with Crippen molar-refractivity contribution in [1.82, 2.24) is 15.6 Å². The van der Waals surface area contributed by atoms with Crippen LogP contribution in [0.25, 0.3) is 22.4 Å². The fourth-order valence-electron chi connectivity index (χ4n) is 4.48. The van der Waals surface area contributed by atoms with Crippen molar-refractivity contribution >= 4 is 17.7 Å². The van der Waals surface area contributed by atoms with Crippen LogP contribution in [0.4, 0.5) is 14.9 Å². The third-order valence-electron chi connectivity index (χ3n) is 6.55. The van der Waals surface area contributed by atoms with Crippen LogP contribution in [0.2, 0.25) is 0 Å². The Morgan fingerprint density at radius 1 is 0.974 bits per heavy atom. The molecular formula is C31H29FN4O3. The lowest BCUT2D eigenvalue weighted by molar-refractivity contribution is -0.119. The van der Waals surface area contributed by atoms with Crippen LogP contribution < -0.4 is 15.5 Å². The molecule has 2 heterocycles. The van der Waals surface area contributed by atoms with Gasteiger partial charge in [-0.1, -0.05) is 54.6 Å². The Kier molecular flexibility index (Phi) is 7.94. The Labute approximate surface area is 226 Å². The molecule has 39 heavy (non-hydrogen) atoms. The number of pyridine rings is 1. The normalized spacial score (nSPS) is 14.8. The number of nitrogens with one attached hydrogen (secondary N) is 2. The highest BCUT2D eigenvalue weighted by atomic mass is 19.1. The van der Waals surface area contributed by atoms with E-state index in [1.807, 2.05) is 42.5 Å². The lowest BCUT2D eigenvalue weighted by Gasteiger charge is -2.15. The van der Waals surface area contributed by atoms with Crippen LogP contribution in [-0.4, -0.2) is 36.2 Å². The topological polar surface area (TPSA) is 83.6 Å². The highest BCUT2D eigenvalue weighted by Crippen LogP contribution is 2.29. The van der Waals surface area contributed by atoms with Crippen LogP contribution in [0.3, 0.4) is 0 Å². The van der Waals surface area contributed by atoms with Gasteiger partial charge in [0.05, 0.1) is 24.5 Å². The molecule has 2 N–H and O–H groups in total. The van der Waals surface area contributed by atoms with E-state index in [9.17, 15) is 9.59 Å². The number of anilines is 1.